The number of fused-ring (bicyclic) bond motifs is 1. The van der Waals surface area contributed by atoms with Crippen molar-refractivity contribution in [2.24, 2.45) is 19.5 Å². The van der Waals surface area contributed by atoms with Gasteiger partial charge in [-0.05, 0) is 67.0 Å². The number of nitrogens with one attached hydrogen (secondary N) is 2. The molecule has 0 aliphatic carbocycles. The van der Waals surface area contributed by atoms with Crippen LogP contribution in [0.1, 0.15) is 50.1 Å². The molecule has 0 spiro atoms. The van der Waals surface area contributed by atoms with Gasteiger partial charge in [0.2, 0.25) is 5.91 Å². The fourth-order valence-corrected chi connectivity index (χ4v) is 4.60. The largest absolute Gasteiger partial charge is 0.356 e. The van der Waals surface area contributed by atoms with Crippen LogP contribution in [-0.2, 0) is 31.7 Å². The summed E-state index contributed by atoms with van der Waals surface area (Å²) in [6.45, 7) is 6.62. The van der Waals surface area contributed by atoms with Crippen LogP contribution in [0, 0.1) is 12.3 Å². The Balaban J connectivity index is 1.25. The van der Waals surface area contributed by atoms with E-state index in [4.69, 9.17) is 0 Å². The van der Waals surface area contributed by atoms with Gasteiger partial charge < -0.3 is 10.3 Å². The van der Waals surface area contributed by atoms with Crippen LogP contribution in [0.4, 0.5) is 0 Å². The highest BCUT2D eigenvalue weighted by Gasteiger charge is 2.25. The first-order chi connectivity index (χ1) is 18.0. The third-order valence-electron chi connectivity index (χ3n) is 6.65. The van der Waals surface area contributed by atoms with Crippen molar-refractivity contribution in [3.05, 3.63) is 74.4 Å². The highest BCUT2D eigenvalue weighted by atomic mass is 16.2. The number of pyridine rings is 2. The van der Waals surface area contributed by atoms with E-state index in [2.05, 4.69) is 31.3 Å². The number of carbonyl (C=O) groups is 1. The Kier molecular flexibility index (Phi) is 7.89. The first-order valence-corrected chi connectivity index (χ1v) is 12.8. The second-order valence-electron chi connectivity index (χ2n) is 10.7. The normalized spacial score (nSPS) is 11.7. The third kappa shape index (κ3) is 6.24. The van der Waals surface area contributed by atoms with E-state index in [0.717, 1.165) is 40.8 Å². The van der Waals surface area contributed by atoms with Crippen LogP contribution < -0.4 is 16.6 Å². The Morgan fingerprint density at radius 2 is 1.74 bits per heavy atom. The van der Waals surface area contributed by atoms with Crippen LogP contribution in [-0.4, -0.2) is 41.5 Å². The number of hydrogen-bond donors (Lipinski definition) is 2. The molecule has 0 fully saturated rings. The highest BCUT2D eigenvalue weighted by Crippen LogP contribution is 2.25. The number of aromatic amines is 1. The molecule has 0 aliphatic heterocycles. The van der Waals surface area contributed by atoms with Crippen molar-refractivity contribution >= 4 is 17.1 Å². The van der Waals surface area contributed by atoms with E-state index in [1.807, 2.05) is 45.2 Å². The van der Waals surface area contributed by atoms with Gasteiger partial charge in [0, 0.05) is 45.9 Å². The van der Waals surface area contributed by atoms with E-state index in [1.54, 1.807) is 13.2 Å². The van der Waals surface area contributed by atoms with Crippen molar-refractivity contribution in [1.82, 2.24) is 34.4 Å². The van der Waals surface area contributed by atoms with E-state index in [0.29, 0.717) is 36.4 Å². The van der Waals surface area contributed by atoms with Crippen molar-refractivity contribution in [3.8, 4) is 11.4 Å². The number of rotatable bonds is 10. The monoisotopic (exact) mass is 517 g/mol. The Morgan fingerprint density at radius 3 is 2.47 bits per heavy atom. The number of amides is 1. The molecule has 0 radical (unpaired) electrons. The molecular weight excluding hydrogens is 482 g/mol. The minimum Gasteiger partial charge on any atom is -0.356 e. The lowest BCUT2D eigenvalue weighted by molar-refractivity contribution is -0.123. The zero-order valence-corrected chi connectivity index (χ0v) is 22.7. The van der Waals surface area contributed by atoms with Gasteiger partial charge in [-0.1, -0.05) is 13.8 Å². The number of carbonyl (C=O) groups excluding carboxylic acids is 1. The zero-order valence-electron chi connectivity index (χ0n) is 22.7. The number of hydrogen-bond acceptors (Lipinski definition) is 6. The Bertz CT molecular complexity index is 1580. The molecule has 10 nitrogen and oxygen atoms in total. The minimum atomic E-state index is -0.424. The zero-order chi connectivity index (χ0) is 27.4. The van der Waals surface area contributed by atoms with Crippen molar-refractivity contribution in [3.63, 3.8) is 0 Å². The molecule has 0 unspecified atom stereocenters. The Labute approximate surface area is 221 Å². The maximum atomic E-state index is 12.6. The van der Waals surface area contributed by atoms with Crippen molar-refractivity contribution in [2.45, 2.75) is 52.9 Å². The second kappa shape index (κ2) is 11.1. The van der Waals surface area contributed by atoms with Crippen molar-refractivity contribution in [1.29, 1.82) is 0 Å². The van der Waals surface area contributed by atoms with E-state index >= 15 is 0 Å². The van der Waals surface area contributed by atoms with Gasteiger partial charge in [-0.15, -0.1) is 0 Å². The molecular formula is C28H35N7O3. The minimum absolute atomic E-state index is 0.0221. The lowest BCUT2D eigenvalue weighted by Crippen LogP contribution is -2.36. The fraction of sp³-hybridized carbons (Fsp3) is 0.429. The Morgan fingerprint density at radius 1 is 1.03 bits per heavy atom. The number of aromatic nitrogens is 6. The summed E-state index contributed by atoms with van der Waals surface area (Å²) in [6, 6.07) is 8.09. The summed E-state index contributed by atoms with van der Waals surface area (Å²) in [4.78, 5) is 53.6. The molecule has 2 N–H and O–H groups in total. The molecule has 0 saturated heterocycles. The van der Waals surface area contributed by atoms with Gasteiger partial charge >= 0.3 is 5.69 Å². The number of aryl methyl sites for hydroxylation is 3. The van der Waals surface area contributed by atoms with Crippen LogP contribution in [0.15, 0.2) is 46.2 Å². The number of imidazole rings is 1. The molecule has 0 atom stereocenters. The molecule has 0 bridgehead atoms. The molecule has 0 aliphatic rings. The van der Waals surface area contributed by atoms with Gasteiger partial charge in [0.1, 0.15) is 11.3 Å². The summed E-state index contributed by atoms with van der Waals surface area (Å²) in [5, 5.41) is 3.02. The smallest absolute Gasteiger partial charge is 0.332 e. The lowest BCUT2D eigenvalue weighted by atomic mass is 9.85. The summed E-state index contributed by atoms with van der Waals surface area (Å²) in [5.41, 5.74) is 3.48. The van der Waals surface area contributed by atoms with Crippen LogP contribution in [0.2, 0.25) is 0 Å². The molecule has 4 heterocycles. The average molecular weight is 518 g/mol. The molecule has 4 aromatic heterocycles. The maximum absolute atomic E-state index is 12.6. The third-order valence-corrected chi connectivity index (χ3v) is 6.65. The molecule has 1 amide bonds. The molecule has 4 aromatic rings. The van der Waals surface area contributed by atoms with Gasteiger partial charge in [-0.25, -0.2) is 9.78 Å². The van der Waals surface area contributed by atoms with Gasteiger partial charge in [0.15, 0.2) is 5.65 Å². The van der Waals surface area contributed by atoms with Crippen molar-refractivity contribution in [2.75, 3.05) is 6.54 Å². The Hall–Kier alpha value is -4.08. The number of nitrogens with zero attached hydrogens (tertiary/aromatic N) is 5. The predicted molar refractivity (Wildman–Crippen MR) is 147 cm³/mol. The molecule has 0 saturated carbocycles. The lowest BCUT2D eigenvalue weighted by Gasteiger charge is -2.22. The first kappa shape index (κ1) is 27.0. The molecule has 4 rings (SSSR count). The standard InChI is InChI=1S/C28H35N7O3/c1-18-9-12-29-20(14-18)21-15-19(10-13-30-21)8-6-7-11-31-23(36)17-28(2,3)16-22-32-24-25(33-22)34(4)27(38)35(5)26(24)37/h9-10,12-15H,6-8,11,16-17H2,1-5H3,(H,31,36)(H,32,33). The molecule has 200 valence electrons. The van der Waals surface area contributed by atoms with E-state index in [1.165, 1.54) is 17.2 Å². The number of H-pyrrole nitrogens is 1. The number of unbranched alkanes of at least 4 members (excludes halogenated alkanes) is 1. The molecule has 0 aromatic carbocycles. The van der Waals surface area contributed by atoms with E-state index in [-0.39, 0.29) is 11.3 Å². The quantitative estimate of drug-likeness (QED) is 0.312. The van der Waals surface area contributed by atoms with E-state index < -0.39 is 11.2 Å². The summed E-state index contributed by atoms with van der Waals surface area (Å²) in [5.74, 6) is 0.555. The SMILES string of the molecule is Cc1ccnc(-c2cc(CCCCNC(=O)CC(C)(C)Cc3nc4c([nH]3)c(=O)n(C)c(=O)n4C)ccn2)c1. The van der Waals surface area contributed by atoms with Gasteiger partial charge in [-0.2, -0.15) is 0 Å². The summed E-state index contributed by atoms with van der Waals surface area (Å²) in [7, 11) is 3.03. The average Bonchev–Trinajstić information content (AvgIpc) is 3.29. The van der Waals surface area contributed by atoms with Gasteiger partial charge in [-0.3, -0.25) is 28.7 Å². The van der Waals surface area contributed by atoms with Crippen LogP contribution in [0.5, 0.6) is 0 Å². The maximum Gasteiger partial charge on any atom is 0.332 e. The van der Waals surface area contributed by atoms with E-state index in [9.17, 15) is 14.4 Å². The van der Waals surface area contributed by atoms with Gasteiger partial charge in [0.25, 0.3) is 5.56 Å². The van der Waals surface area contributed by atoms with Gasteiger partial charge in [0.05, 0.1) is 11.4 Å². The van der Waals surface area contributed by atoms with Crippen LogP contribution >= 0.6 is 0 Å². The highest BCUT2D eigenvalue weighted by molar-refractivity contribution is 5.76. The van der Waals surface area contributed by atoms with Crippen molar-refractivity contribution < 1.29 is 4.79 Å². The summed E-state index contributed by atoms with van der Waals surface area (Å²) < 4.78 is 2.40. The predicted octanol–water partition coefficient (Wildman–Crippen LogP) is 2.82. The van der Waals surface area contributed by atoms with Crippen LogP contribution in [0.25, 0.3) is 22.6 Å². The summed E-state index contributed by atoms with van der Waals surface area (Å²) in [6.07, 6.45) is 7.11. The molecule has 38 heavy (non-hydrogen) atoms. The fourth-order valence-electron chi connectivity index (χ4n) is 4.60. The first-order valence-electron chi connectivity index (χ1n) is 12.8. The molecule has 10 heteroatoms. The second-order valence-corrected chi connectivity index (χ2v) is 10.7. The topological polar surface area (TPSA) is 128 Å². The summed E-state index contributed by atoms with van der Waals surface area (Å²) >= 11 is 0. The van der Waals surface area contributed by atoms with Crippen LogP contribution in [0.3, 0.4) is 0 Å².